The summed E-state index contributed by atoms with van der Waals surface area (Å²) in [6.45, 7) is 4.80. The number of unbranched alkanes of at least 4 members (excludes halogenated alkanes) is 11. The van der Waals surface area contributed by atoms with E-state index in [9.17, 15) is 0 Å². The van der Waals surface area contributed by atoms with Gasteiger partial charge in [-0.1, -0.05) is 71.1 Å². The first-order chi connectivity index (χ1) is 13.1. The molecule has 2 rings (SSSR count). The van der Waals surface area contributed by atoms with Crippen LogP contribution in [-0.2, 0) is 6.54 Å². The molecule has 0 unspecified atom stereocenters. The highest BCUT2D eigenvalue weighted by Gasteiger charge is 2.36. The molecule has 27 heavy (non-hydrogen) atoms. The zero-order chi connectivity index (χ0) is 19.4. The van der Waals surface area contributed by atoms with Gasteiger partial charge in [-0.25, -0.2) is 4.57 Å². The van der Waals surface area contributed by atoms with Crippen LogP contribution in [-0.4, -0.2) is 25.1 Å². The molecule has 0 spiro atoms. The average molecular weight is 375 g/mol. The second kappa shape index (κ2) is 12.5. The van der Waals surface area contributed by atoms with Gasteiger partial charge in [-0.2, -0.15) is 0 Å². The smallest absolute Gasteiger partial charge is 0.177 e. The minimum absolute atomic E-state index is 0.694. The summed E-state index contributed by atoms with van der Waals surface area (Å²) in [5.74, 6) is 0. The van der Waals surface area contributed by atoms with Crippen LogP contribution < -0.4 is 4.57 Å². The first-order valence-corrected chi connectivity index (χ1v) is 11.9. The molecule has 1 aromatic heterocycles. The van der Waals surface area contributed by atoms with Crippen LogP contribution >= 0.6 is 0 Å². The van der Waals surface area contributed by atoms with E-state index in [1.807, 2.05) is 0 Å². The van der Waals surface area contributed by atoms with Crippen molar-refractivity contribution in [3.8, 4) is 0 Å². The van der Waals surface area contributed by atoms with E-state index in [-0.39, 0.29) is 0 Å². The van der Waals surface area contributed by atoms with E-state index in [4.69, 9.17) is 0 Å². The minimum atomic E-state index is 0.694. The quantitative estimate of drug-likeness (QED) is 0.196. The van der Waals surface area contributed by atoms with Gasteiger partial charge in [0.05, 0.1) is 26.2 Å². The fourth-order valence-electron chi connectivity index (χ4n) is 4.78. The summed E-state index contributed by atoms with van der Waals surface area (Å²) >= 11 is 0. The zero-order valence-corrected chi connectivity index (χ0v) is 18.6. The lowest BCUT2D eigenvalue weighted by Gasteiger charge is -2.31. The van der Waals surface area contributed by atoms with Gasteiger partial charge >= 0.3 is 0 Å². The number of rotatable bonds is 14. The molecule has 2 heteroatoms. The molecule has 154 valence electrons. The second-order valence-corrected chi connectivity index (χ2v) is 9.42. The van der Waals surface area contributed by atoms with Crippen molar-refractivity contribution in [2.75, 3.05) is 20.6 Å². The van der Waals surface area contributed by atoms with E-state index in [0.717, 1.165) is 4.48 Å². The summed E-state index contributed by atoms with van der Waals surface area (Å²) in [7, 11) is 4.78. The van der Waals surface area contributed by atoms with Crippen LogP contribution in [0, 0.1) is 0 Å². The average Bonchev–Trinajstić information content (AvgIpc) is 3.02. The molecule has 0 aliphatic carbocycles. The van der Waals surface area contributed by atoms with Crippen LogP contribution in [0.1, 0.15) is 108 Å². The highest BCUT2D eigenvalue weighted by atomic mass is 15.3. The van der Waals surface area contributed by atoms with E-state index >= 15 is 0 Å². The number of aromatic nitrogens is 1. The number of pyridine rings is 1. The van der Waals surface area contributed by atoms with Crippen molar-refractivity contribution in [2.45, 2.75) is 109 Å². The van der Waals surface area contributed by atoms with Crippen molar-refractivity contribution in [1.82, 2.24) is 0 Å². The number of hydrogen-bond acceptors (Lipinski definition) is 0. The highest BCUT2D eigenvalue weighted by molar-refractivity contribution is 5.10. The van der Waals surface area contributed by atoms with E-state index in [1.54, 1.807) is 5.56 Å². The number of likely N-dealkylation sites (tertiary alicyclic amines) is 1. The Morgan fingerprint density at radius 1 is 0.889 bits per heavy atom. The maximum absolute atomic E-state index is 2.43. The second-order valence-electron chi connectivity index (χ2n) is 9.42. The van der Waals surface area contributed by atoms with E-state index in [0.29, 0.717) is 6.04 Å². The van der Waals surface area contributed by atoms with Crippen molar-refractivity contribution in [3.63, 3.8) is 0 Å². The van der Waals surface area contributed by atoms with Gasteiger partial charge in [-0.15, -0.1) is 0 Å². The van der Waals surface area contributed by atoms with Gasteiger partial charge in [-0.05, 0) is 12.5 Å². The van der Waals surface area contributed by atoms with E-state index < -0.39 is 0 Å². The largest absolute Gasteiger partial charge is 0.322 e. The minimum Gasteiger partial charge on any atom is -0.322 e. The van der Waals surface area contributed by atoms with Gasteiger partial charge < -0.3 is 4.48 Å². The lowest BCUT2D eigenvalue weighted by atomic mass is 10.0. The molecule has 0 saturated carbocycles. The van der Waals surface area contributed by atoms with Gasteiger partial charge in [0.1, 0.15) is 12.6 Å². The van der Waals surface area contributed by atoms with Gasteiger partial charge in [-0.3, -0.25) is 0 Å². The predicted octanol–water partition coefficient (Wildman–Crippen LogP) is 6.59. The van der Waals surface area contributed by atoms with Gasteiger partial charge in [0.25, 0.3) is 0 Å². The Balaban J connectivity index is 1.53. The summed E-state index contributed by atoms with van der Waals surface area (Å²) < 4.78 is 3.59. The first-order valence-electron chi connectivity index (χ1n) is 11.9. The van der Waals surface area contributed by atoms with Crippen LogP contribution in [0.2, 0.25) is 0 Å². The Morgan fingerprint density at radius 2 is 1.48 bits per heavy atom. The monoisotopic (exact) mass is 374 g/mol. The molecule has 1 saturated heterocycles. The van der Waals surface area contributed by atoms with Crippen LogP contribution in [0.5, 0.6) is 0 Å². The topological polar surface area (TPSA) is 3.88 Å². The van der Waals surface area contributed by atoms with E-state index in [1.165, 1.54) is 103 Å². The Labute approximate surface area is 169 Å². The van der Waals surface area contributed by atoms with Crippen molar-refractivity contribution in [1.29, 1.82) is 0 Å². The fraction of sp³-hybridized carbons (Fsp3) is 0.800. The third-order valence-corrected chi connectivity index (χ3v) is 6.59. The normalized spacial score (nSPS) is 18.9. The lowest BCUT2D eigenvalue weighted by Crippen LogP contribution is -2.40. The molecule has 1 aromatic rings. The lowest BCUT2D eigenvalue weighted by molar-refractivity contribution is -0.908. The molecular weight excluding hydrogens is 328 g/mol. The maximum Gasteiger partial charge on any atom is 0.177 e. The van der Waals surface area contributed by atoms with Crippen LogP contribution in [0.4, 0.5) is 0 Å². The standard InChI is InChI=1S/C25H46N2/c1-4-5-6-7-8-9-10-11-12-13-14-15-20-26-21-16-18-24(23-26)25-19-17-22-27(25,2)3/h16,18,21,23,25H,4-15,17,19-20,22H2,1-3H3/q+2/t25-/m0/s1. The molecular formula is C25H46N2+2. The number of quaternary nitrogens is 1. The Kier molecular flexibility index (Phi) is 10.4. The van der Waals surface area contributed by atoms with Crippen LogP contribution in [0.15, 0.2) is 24.5 Å². The Bertz CT molecular complexity index is 509. The summed E-state index contributed by atoms with van der Waals surface area (Å²) in [6.07, 6.45) is 24.5. The van der Waals surface area contributed by atoms with Crippen molar-refractivity contribution < 1.29 is 9.05 Å². The summed E-state index contributed by atoms with van der Waals surface area (Å²) in [4.78, 5) is 0. The molecule has 1 aliphatic rings. The molecule has 0 aromatic carbocycles. The molecule has 2 heterocycles. The molecule has 0 amide bonds. The molecule has 1 atom stereocenters. The van der Waals surface area contributed by atoms with Gasteiger partial charge in [0.15, 0.2) is 12.4 Å². The highest BCUT2D eigenvalue weighted by Crippen LogP contribution is 2.35. The van der Waals surface area contributed by atoms with Crippen LogP contribution in [0.3, 0.4) is 0 Å². The molecule has 0 radical (unpaired) electrons. The Hall–Kier alpha value is -0.890. The summed E-state index contributed by atoms with van der Waals surface area (Å²) in [6, 6.07) is 5.29. The first kappa shape index (κ1) is 22.4. The Morgan fingerprint density at radius 3 is 2.04 bits per heavy atom. The number of nitrogens with zero attached hydrogens (tertiary/aromatic N) is 2. The molecule has 0 N–H and O–H groups in total. The third-order valence-electron chi connectivity index (χ3n) is 6.59. The van der Waals surface area contributed by atoms with Crippen molar-refractivity contribution in [3.05, 3.63) is 30.1 Å². The van der Waals surface area contributed by atoms with E-state index in [2.05, 4.69) is 50.1 Å². The maximum atomic E-state index is 2.43. The molecule has 0 bridgehead atoms. The number of hydrogen-bond donors (Lipinski definition) is 0. The van der Waals surface area contributed by atoms with Gasteiger partial charge in [0, 0.05) is 25.3 Å². The predicted molar refractivity (Wildman–Crippen MR) is 117 cm³/mol. The van der Waals surface area contributed by atoms with Crippen molar-refractivity contribution in [2.24, 2.45) is 0 Å². The SMILES string of the molecule is CCCCCCCCCCCCCC[n+]1cccc([C@@H]2CCC[N+]2(C)C)c1. The van der Waals surface area contributed by atoms with Crippen LogP contribution in [0.25, 0.3) is 0 Å². The summed E-state index contributed by atoms with van der Waals surface area (Å²) in [5.41, 5.74) is 1.54. The number of aryl methyl sites for hydroxylation is 1. The zero-order valence-electron chi connectivity index (χ0n) is 18.6. The fourth-order valence-corrected chi connectivity index (χ4v) is 4.78. The molecule has 1 aliphatic heterocycles. The molecule has 2 nitrogen and oxygen atoms in total. The summed E-state index contributed by atoms with van der Waals surface area (Å²) in [5, 5.41) is 0. The molecule has 1 fully saturated rings. The third kappa shape index (κ3) is 8.34. The van der Waals surface area contributed by atoms with Crippen molar-refractivity contribution >= 4 is 0 Å². The van der Waals surface area contributed by atoms with Gasteiger partial charge in [0.2, 0.25) is 0 Å².